The number of para-hydroxylation sites is 3. The zero-order valence-electron chi connectivity index (χ0n) is 28.8. The van der Waals surface area contributed by atoms with Crippen LogP contribution in [-0.2, 0) is 0 Å². The van der Waals surface area contributed by atoms with E-state index in [9.17, 15) is 0 Å². The molecule has 0 aliphatic rings. The maximum Gasteiger partial charge on any atom is 0.164 e. The molecule has 0 fully saturated rings. The second kappa shape index (κ2) is 12.6. The monoisotopic (exact) mass is 681 g/mol. The molecular weight excluding hydrogens is 651 g/mol. The van der Waals surface area contributed by atoms with Crippen molar-refractivity contribution < 1.29 is 8.83 Å². The van der Waals surface area contributed by atoms with Crippen molar-refractivity contribution in [3.63, 3.8) is 0 Å². The van der Waals surface area contributed by atoms with Crippen molar-refractivity contribution in [1.82, 2.24) is 15.0 Å². The Hall–Kier alpha value is -7.11. The summed E-state index contributed by atoms with van der Waals surface area (Å²) in [5, 5.41) is 4.10. The van der Waals surface area contributed by atoms with Gasteiger partial charge in [-0.1, -0.05) is 146 Å². The number of fused-ring (bicyclic) bond motifs is 6. The van der Waals surface area contributed by atoms with Gasteiger partial charge >= 0.3 is 0 Å². The molecule has 10 rings (SSSR count). The van der Waals surface area contributed by atoms with E-state index in [0.717, 1.165) is 77.3 Å². The van der Waals surface area contributed by atoms with Crippen LogP contribution >= 0.6 is 0 Å². The Kier molecular flexibility index (Phi) is 7.29. The van der Waals surface area contributed by atoms with Crippen LogP contribution in [0, 0.1) is 0 Å². The van der Waals surface area contributed by atoms with E-state index in [1.807, 2.05) is 73.7 Å². The van der Waals surface area contributed by atoms with Crippen LogP contribution in [0.15, 0.2) is 173 Å². The fourth-order valence-corrected chi connectivity index (χ4v) is 7.39. The van der Waals surface area contributed by atoms with Crippen LogP contribution in [0.4, 0.5) is 0 Å². The zero-order chi connectivity index (χ0) is 35.3. The van der Waals surface area contributed by atoms with Gasteiger partial charge in [-0.05, 0) is 53.4 Å². The third kappa shape index (κ3) is 5.29. The molecule has 7 aromatic carbocycles. The van der Waals surface area contributed by atoms with Crippen molar-refractivity contribution in [3.05, 3.63) is 169 Å². The standard InChI is InChI=1S/C48H31N3O2/c1-2-13-30-14-6-7-17-35(30)31-24-26-33(27-25-31)47-49-46(32-15-4-3-5-16-32)50-48(51-47)40-28-34(29-43-44(40)39-19-9-11-23-42(39)52-43)36-20-12-21-38-37-18-8-10-22-41(37)53-45(36)38/h2-29H,1H3/b13-2-. The Labute approximate surface area is 305 Å². The van der Waals surface area contributed by atoms with Gasteiger partial charge in [0.1, 0.15) is 22.3 Å². The number of nitrogens with zero attached hydrogens (tertiary/aromatic N) is 3. The maximum atomic E-state index is 6.55. The largest absolute Gasteiger partial charge is 0.456 e. The Balaban J connectivity index is 1.20. The van der Waals surface area contributed by atoms with Gasteiger partial charge in [-0.3, -0.25) is 0 Å². The first kappa shape index (κ1) is 30.7. The molecule has 0 atom stereocenters. The van der Waals surface area contributed by atoms with Gasteiger partial charge in [0, 0.05) is 43.8 Å². The molecule has 3 heterocycles. The molecule has 5 heteroatoms. The third-order valence-electron chi connectivity index (χ3n) is 9.86. The predicted octanol–water partition coefficient (Wildman–Crippen LogP) is 13.0. The van der Waals surface area contributed by atoms with Crippen LogP contribution in [-0.4, -0.2) is 15.0 Å². The summed E-state index contributed by atoms with van der Waals surface area (Å²) < 4.78 is 13.0. The first-order chi connectivity index (χ1) is 26.2. The minimum absolute atomic E-state index is 0.562. The third-order valence-corrected chi connectivity index (χ3v) is 9.86. The van der Waals surface area contributed by atoms with Crippen LogP contribution in [0.25, 0.3) is 106 Å². The van der Waals surface area contributed by atoms with Gasteiger partial charge in [0.15, 0.2) is 17.5 Å². The lowest BCUT2D eigenvalue weighted by Crippen LogP contribution is -2.00. The van der Waals surface area contributed by atoms with Gasteiger partial charge in [0.2, 0.25) is 0 Å². The van der Waals surface area contributed by atoms with Crippen molar-refractivity contribution in [2.45, 2.75) is 6.92 Å². The highest BCUT2D eigenvalue weighted by molar-refractivity contribution is 6.15. The molecule has 0 radical (unpaired) electrons. The van der Waals surface area contributed by atoms with Crippen LogP contribution in [0.5, 0.6) is 0 Å². The van der Waals surface area contributed by atoms with E-state index in [1.54, 1.807) is 0 Å². The van der Waals surface area contributed by atoms with Crippen molar-refractivity contribution in [2.75, 3.05) is 0 Å². The van der Waals surface area contributed by atoms with Gasteiger partial charge in [0.25, 0.3) is 0 Å². The summed E-state index contributed by atoms with van der Waals surface area (Å²) in [6.45, 7) is 2.04. The molecule has 0 amide bonds. The highest BCUT2D eigenvalue weighted by Gasteiger charge is 2.21. The number of hydrogen-bond donors (Lipinski definition) is 0. The number of benzene rings is 7. The molecule has 250 valence electrons. The first-order valence-corrected chi connectivity index (χ1v) is 17.7. The summed E-state index contributed by atoms with van der Waals surface area (Å²) in [5.74, 6) is 1.75. The summed E-state index contributed by atoms with van der Waals surface area (Å²) in [7, 11) is 0. The lowest BCUT2D eigenvalue weighted by atomic mass is 9.96. The number of furan rings is 2. The van der Waals surface area contributed by atoms with E-state index in [1.165, 1.54) is 11.1 Å². The second-order valence-corrected chi connectivity index (χ2v) is 13.1. The van der Waals surface area contributed by atoms with Crippen molar-refractivity contribution in [2.24, 2.45) is 0 Å². The minimum atomic E-state index is 0.562. The number of aromatic nitrogens is 3. The summed E-state index contributed by atoms with van der Waals surface area (Å²) in [6, 6.07) is 53.8. The van der Waals surface area contributed by atoms with Gasteiger partial charge < -0.3 is 8.83 Å². The molecule has 0 aliphatic carbocycles. The van der Waals surface area contributed by atoms with Crippen molar-refractivity contribution in [1.29, 1.82) is 0 Å². The fraction of sp³-hybridized carbons (Fsp3) is 0.0208. The summed E-state index contributed by atoms with van der Waals surface area (Å²) >= 11 is 0. The van der Waals surface area contributed by atoms with E-state index in [4.69, 9.17) is 23.8 Å². The summed E-state index contributed by atoms with van der Waals surface area (Å²) in [4.78, 5) is 15.4. The highest BCUT2D eigenvalue weighted by atomic mass is 16.3. The molecule has 5 nitrogen and oxygen atoms in total. The molecule has 0 bridgehead atoms. The highest BCUT2D eigenvalue weighted by Crippen LogP contribution is 2.42. The quantitative estimate of drug-likeness (QED) is 0.175. The number of hydrogen-bond acceptors (Lipinski definition) is 5. The van der Waals surface area contributed by atoms with Crippen molar-refractivity contribution >= 4 is 50.0 Å². The van der Waals surface area contributed by atoms with Crippen LogP contribution < -0.4 is 0 Å². The summed E-state index contributed by atoms with van der Waals surface area (Å²) in [6.07, 6.45) is 4.20. The Bertz CT molecular complexity index is 3010. The Morgan fingerprint density at radius 1 is 0.415 bits per heavy atom. The molecule has 10 aromatic rings. The Morgan fingerprint density at radius 2 is 1.02 bits per heavy atom. The first-order valence-electron chi connectivity index (χ1n) is 17.7. The van der Waals surface area contributed by atoms with E-state index in [0.29, 0.717) is 17.5 Å². The van der Waals surface area contributed by atoms with E-state index in [2.05, 4.69) is 103 Å². The smallest absolute Gasteiger partial charge is 0.164 e. The molecule has 0 saturated heterocycles. The zero-order valence-corrected chi connectivity index (χ0v) is 28.8. The molecular formula is C48H31N3O2. The molecule has 0 spiro atoms. The fourth-order valence-electron chi connectivity index (χ4n) is 7.39. The molecule has 0 N–H and O–H groups in total. The maximum absolute atomic E-state index is 6.55. The van der Waals surface area contributed by atoms with Crippen molar-refractivity contribution in [3.8, 4) is 56.4 Å². The van der Waals surface area contributed by atoms with Crippen LogP contribution in [0.1, 0.15) is 12.5 Å². The van der Waals surface area contributed by atoms with E-state index < -0.39 is 0 Å². The van der Waals surface area contributed by atoms with Crippen LogP contribution in [0.3, 0.4) is 0 Å². The number of rotatable bonds is 6. The van der Waals surface area contributed by atoms with E-state index in [-0.39, 0.29) is 0 Å². The van der Waals surface area contributed by atoms with Gasteiger partial charge in [-0.15, -0.1) is 0 Å². The molecule has 0 aliphatic heterocycles. The SMILES string of the molecule is C/C=C\c1ccccc1-c1ccc(-c2nc(-c3ccccc3)nc(-c3cc(-c4cccc5c4oc4ccccc45)cc4oc5ccccc5c34)n2)cc1. The van der Waals surface area contributed by atoms with Gasteiger partial charge in [-0.2, -0.15) is 0 Å². The Morgan fingerprint density at radius 3 is 1.81 bits per heavy atom. The average Bonchev–Trinajstić information content (AvgIpc) is 3.80. The summed E-state index contributed by atoms with van der Waals surface area (Å²) in [5.41, 5.74) is 11.3. The topological polar surface area (TPSA) is 65.0 Å². The average molecular weight is 682 g/mol. The predicted molar refractivity (Wildman–Crippen MR) is 216 cm³/mol. The lowest BCUT2D eigenvalue weighted by Gasteiger charge is -2.12. The van der Waals surface area contributed by atoms with Crippen LogP contribution in [0.2, 0.25) is 0 Å². The molecule has 0 unspecified atom stereocenters. The lowest BCUT2D eigenvalue weighted by molar-refractivity contribution is 0.668. The minimum Gasteiger partial charge on any atom is -0.456 e. The number of allylic oxidation sites excluding steroid dienone is 1. The molecule has 3 aromatic heterocycles. The van der Waals surface area contributed by atoms with Gasteiger partial charge in [-0.25, -0.2) is 15.0 Å². The normalized spacial score (nSPS) is 11.8. The molecule has 0 saturated carbocycles. The second-order valence-electron chi connectivity index (χ2n) is 13.1. The molecule has 53 heavy (non-hydrogen) atoms. The van der Waals surface area contributed by atoms with E-state index >= 15 is 0 Å². The van der Waals surface area contributed by atoms with Gasteiger partial charge in [0.05, 0.1) is 0 Å².